The summed E-state index contributed by atoms with van der Waals surface area (Å²) in [5.74, 6) is 0.214. The molecule has 0 atom stereocenters. The molecule has 0 bridgehead atoms. The van der Waals surface area contributed by atoms with Crippen molar-refractivity contribution in [3.63, 3.8) is 0 Å². The summed E-state index contributed by atoms with van der Waals surface area (Å²) in [5, 5.41) is 14.0. The lowest BCUT2D eigenvalue weighted by atomic mass is 9.76. The first-order chi connectivity index (χ1) is 10.1. The normalized spacial score (nSPS) is 20.6. The number of hydrogen-bond donors (Lipinski definition) is 1. The van der Waals surface area contributed by atoms with E-state index in [1.54, 1.807) is 12.1 Å². The second-order valence-corrected chi connectivity index (χ2v) is 5.37. The number of halogens is 1. The summed E-state index contributed by atoms with van der Waals surface area (Å²) in [6.45, 7) is 0. The molecular weight excluding hydrogens is 271 g/mol. The molecule has 1 aliphatic rings. The summed E-state index contributed by atoms with van der Waals surface area (Å²) in [5.41, 5.74) is 2.01. The standard InChI is InChI=1S/C16H15FN2O2/c17-13-6-4-11(5-7-13)12-8-15(9-12)18-14-2-1-3-16(10-14)19(20)21/h1-7,10,12,15,18H,8-9H2. The van der Waals surface area contributed by atoms with Crippen molar-refractivity contribution < 1.29 is 9.31 Å². The zero-order valence-electron chi connectivity index (χ0n) is 11.3. The molecule has 0 aliphatic heterocycles. The monoisotopic (exact) mass is 286 g/mol. The van der Waals surface area contributed by atoms with Crippen molar-refractivity contribution in [1.82, 2.24) is 0 Å². The number of nitrogens with zero attached hydrogens (tertiary/aromatic N) is 1. The van der Waals surface area contributed by atoms with E-state index in [2.05, 4.69) is 5.32 Å². The van der Waals surface area contributed by atoms with Gasteiger partial charge in [0.25, 0.3) is 5.69 Å². The Balaban J connectivity index is 1.58. The van der Waals surface area contributed by atoms with E-state index in [1.807, 2.05) is 18.2 Å². The van der Waals surface area contributed by atoms with Gasteiger partial charge in [0.15, 0.2) is 0 Å². The summed E-state index contributed by atoms with van der Waals surface area (Å²) >= 11 is 0. The van der Waals surface area contributed by atoms with Crippen LogP contribution in [0.2, 0.25) is 0 Å². The second-order valence-electron chi connectivity index (χ2n) is 5.37. The van der Waals surface area contributed by atoms with E-state index in [4.69, 9.17) is 0 Å². The molecule has 5 heteroatoms. The maximum absolute atomic E-state index is 12.9. The molecule has 0 amide bonds. The number of hydrogen-bond acceptors (Lipinski definition) is 3. The average Bonchev–Trinajstić information content (AvgIpc) is 2.44. The van der Waals surface area contributed by atoms with Crippen LogP contribution in [0.25, 0.3) is 0 Å². The molecule has 1 aliphatic carbocycles. The Morgan fingerprint density at radius 1 is 1.14 bits per heavy atom. The Labute approximate surface area is 121 Å². The van der Waals surface area contributed by atoms with Gasteiger partial charge in [-0.25, -0.2) is 4.39 Å². The highest BCUT2D eigenvalue weighted by atomic mass is 19.1. The molecule has 0 heterocycles. The first-order valence-electron chi connectivity index (χ1n) is 6.88. The number of non-ortho nitro benzene ring substituents is 1. The van der Waals surface area contributed by atoms with Crippen molar-refractivity contribution in [3.05, 3.63) is 70.0 Å². The fourth-order valence-corrected chi connectivity index (χ4v) is 2.69. The molecule has 0 saturated heterocycles. The van der Waals surface area contributed by atoms with Crippen LogP contribution in [-0.4, -0.2) is 11.0 Å². The average molecular weight is 286 g/mol. The minimum absolute atomic E-state index is 0.0920. The van der Waals surface area contributed by atoms with Crippen molar-refractivity contribution in [3.8, 4) is 0 Å². The summed E-state index contributed by atoms with van der Waals surface area (Å²) in [4.78, 5) is 10.3. The molecule has 0 spiro atoms. The van der Waals surface area contributed by atoms with Crippen LogP contribution in [0, 0.1) is 15.9 Å². The van der Waals surface area contributed by atoms with Crippen LogP contribution in [0.4, 0.5) is 15.8 Å². The molecule has 3 rings (SSSR count). The lowest BCUT2D eigenvalue weighted by Crippen LogP contribution is -2.33. The van der Waals surface area contributed by atoms with Gasteiger partial charge >= 0.3 is 0 Å². The molecule has 4 nitrogen and oxygen atoms in total. The van der Waals surface area contributed by atoms with E-state index >= 15 is 0 Å². The van der Waals surface area contributed by atoms with E-state index in [-0.39, 0.29) is 11.5 Å². The summed E-state index contributed by atoms with van der Waals surface area (Å²) < 4.78 is 12.9. The summed E-state index contributed by atoms with van der Waals surface area (Å²) in [6.07, 6.45) is 1.91. The van der Waals surface area contributed by atoms with Crippen molar-refractivity contribution in [2.24, 2.45) is 0 Å². The SMILES string of the molecule is O=[N+]([O-])c1cccc(NC2CC(c3ccc(F)cc3)C2)c1. The lowest BCUT2D eigenvalue weighted by Gasteiger charge is -2.36. The molecule has 1 saturated carbocycles. The van der Waals surface area contributed by atoms with Crippen molar-refractivity contribution >= 4 is 11.4 Å². The number of nitro benzene ring substituents is 1. The van der Waals surface area contributed by atoms with Crippen LogP contribution in [-0.2, 0) is 0 Å². The molecule has 2 aromatic carbocycles. The zero-order valence-corrected chi connectivity index (χ0v) is 11.3. The first-order valence-corrected chi connectivity index (χ1v) is 6.88. The molecule has 0 radical (unpaired) electrons. The highest BCUT2D eigenvalue weighted by Gasteiger charge is 2.30. The number of rotatable bonds is 4. The van der Waals surface area contributed by atoms with Crippen LogP contribution >= 0.6 is 0 Å². The molecule has 21 heavy (non-hydrogen) atoms. The van der Waals surface area contributed by atoms with Gasteiger partial charge in [-0.1, -0.05) is 18.2 Å². The Morgan fingerprint density at radius 2 is 1.86 bits per heavy atom. The molecule has 2 aromatic rings. The number of nitro groups is 1. The topological polar surface area (TPSA) is 55.2 Å². The van der Waals surface area contributed by atoms with Gasteiger partial charge < -0.3 is 5.32 Å². The van der Waals surface area contributed by atoms with E-state index < -0.39 is 4.92 Å². The second kappa shape index (κ2) is 5.52. The Hall–Kier alpha value is -2.43. The maximum atomic E-state index is 12.9. The van der Waals surface area contributed by atoms with Crippen molar-refractivity contribution in [2.45, 2.75) is 24.8 Å². The Kier molecular flexibility index (Phi) is 3.56. The highest BCUT2D eigenvalue weighted by molar-refractivity contribution is 5.52. The largest absolute Gasteiger partial charge is 0.382 e. The maximum Gasteiger partial charge on any atom is 0.271 e. The quantitative estimate of drug-likeness (QED) is 0.680. The third-order valence-electron chi connectivity index (χ3n) is 3.91. The number of anilines is 1. The van der Waals surface area contributed by atoms with Gasteiger partial charge in [0.2, 0.25) is 0 Å². The Bertz CT molecular complexity index is 652. The molecule has 1 fully saturated rings. The first kappa shape index (κ1) is 13.5. The van der Waals surface area contributed by atoms with Crippen LogP contribution in [0.5, 0.6) is 0 Å². The van der Waals surface area contributed by atoms with E-state index in [1.165, 1.54) is 18.2 Å². The van der Waals surface area contributed by atoms with Crippen molar-refractivity contribution in [2.75, 3.05) is 5.32 Å². The zero-order chi connectivity index (χ0) is 14.8. The van der Waals surface area contributed by atoms with Gasteiger partial charge in [-0.15, -0.1) is 0 Å². The van der Waals surface area contributed by atoms with Gasteiger partial charge in [0.05, 0.1) is 4.92 Å². The van der Waals surface area contributed by atoms with Gasteiger partial charge in [-0.3, -0.25) is 10.1 Å². The molecular formula is C16H15FN2O2. The van der Waals surface area contributed by atoms with E-state index in [0.717, 1.165) is 24.1 Å². The van der Waals surface area contributed by atoms with Crippen LogP contribution in [0.3, 0.4) is 0 Å². The van der Waals surface area contributed by atoms with Crippen LogP contribution in [0.1, 0.15) is 24.3 Å². The van der Waals surface area contributed by atoms with E-state index in [9.17, 15) is 14.5 Å². The highest BCUT2D eigenvalue weighted by Crippen LogP contribution is 2.38. The van der Waals surface area contributed by atoms with Gasteiger partial charge in [0.1, 0.15) is 5.82 Å². The molecule has 0 aromatic heterocycles. The lowest BCUT2D eigenvalue weighted by molar-refractivity contribution is -0.384. The number of benzene rings is 2. The predicted molar refractivity (Wildman–Crippen MR) is 78.9 cm³/mol. The third kappa shape index (κ3) is 3.02. The van der Waals surface area contributed by atoms with Gasteiger partial charge in [-0.05, 0) is 42.5 Å². The Morgan fingerprint density at radius 3 is 2.52 bits per heavy atom. The fraction of sp³-hybridized carbons (Fsp3) is 0.250. The van der Waals surface area contributed by atoms with Gasteiger partial charge in [0, 0.05) is 23.9 Å². The smallest absolute Gasteiger partial charge is 0.271 e. The number of nitrogens with one attached hydrogen (secondary N) is 1. The molecule has 108 valence electrons. The molecule has 0 unspecified atom stereocenters. The van der Waals surface area contributed by atoms with Crippen LogP contribution in [0.15, 0.2) is 48.5 Å². The third-order valence-corrected chi connectivity index (χ3v) is 3.91. The minimum atomic E-state index is -0.396. The van der Waals surface area contributed by atoms with E-state index in [0.29, 0.717) is 12.0 Å². The van der Waals surface area contributed by atoms with Crippen molar-refractivity contribution in [1.29, 1.82) is 0 Å². The minimum Gasteiger partial charge on any atom is -0.382 e. The van der Waals surface area contributed by atoms with Crippen LogP contribution < -0.4 is 5.32 Å². The van der Waals surface area contributed by atoms with Gasteiger partial charge in [-0.2, -0.15) is 0 Å². The summed E-state index contributed by atoms with van der Waals surface area (Å²) in [7, 11) is 0. The predicted octanol–water partition coefficient (Wildman–Crippen LogP) is 4.09. The fourth-order valence-electron chi connectivity index (χ4n) is 2.69. The summed E-state index contributed by atoms with van der Waals surface area (Å²) in [6, 6.07) is 13.5. The molecule has 1 N–H and O–H groups in total.